The summed E-state index contributed by atoms with van der Waals surface area (Å²) < 4.78 is 0. The third-order valence-electron chi connectivity index (χ3n) is 5.01. The van der Waals surface area contributed by atoms with Crippen molar-refractivity contribution in [2.24, 2.45) is 5.92 Å². The van der Waals surface area contributed by atoms with Gasteiger partial charge in [-0.1, -0.05) is 29.8 Å². The third-order valence-corrected chi connectivity index (χ3v) is 5.01. The van der Waals surface area contributed by atoms with Crippen molar-refractivity contribution in [1.82, 2.24) is 15.2 Å². The van der Waals surface area contributed by atoms with E-state index in [4.69, 9.17) is 0 Å². The minimum atomic E-state index is 0.155. The standard InChI is InChI=1S/C21H27N3O/c1-17-2-4-19(5-3-17)16-23-21(25)20-9-14-24(15-10-20)13-8-18-6-11-22-12-7-18/h2-7,11-12,20H,8-10,13-16H2,1H3,(H,23,25). The number of rotatable bonds is 6. The number of aryl methyl sites for hydroxylation is 1. The highest BCUT2D eigenvalue weighted by Crippen LogP contribution is 2.18. The van der Waals surface area contributed by atoms with Crippen LogP contribution in [0.5, 0.6) is 0 Å². The monoisotopic (exact) mass is 337 g/mol. The second kappa shape index (κ2) is 8.77. The number of nitrogens with one attached hydrogen (secondary N) is 1. The Balaban J connectivity index is 1.38. The van der Waals surface area contributed by atoms with Gasteiger partial charge in [-0.15, -0.1) is 0 Å². The van der Waals surface area contributed by atoms with Gasteiger partial charge in [0.05, 0.1) is 0 Å². The molecule has 1 amide bonds. The van der Waals surface area contributed by atoms with Crippen LogP contribution in [-0.2, 0) is 17.8 Å². The van der Waals surface area contributed by atoms with Gasteiger partial charge in [0, 0.05) is 31.4 Å². The third kappa shape index (κ3) is 5.40. The molecule has 4 heteroatoms. The Bertz CT molecular complexity index is 661. The number of piperidine rings is 1. The first-order chi connectivity index (χ1) is 12.2. The number of pyridine rings is 1. The van der Waals surface area contributed by atoms with Gasteiger partial charge in [0.25, 0.3) is 0 Å². The summed E-state index contributed by atoms with van der Waals surface area (Å²) in [7, 11) is 0. The van der Waals surface area contributed by atoms with Crippen LogP contribution in [0, 0.1) is 12.8 Å². The highest BCUT2D eigenvalue weighted by atomic mass is 16.1. The molecule has 0 radical (unpaired) electrons. The van der Waals surface area contributed by atoms with Crippen molar-refractivity contribution < 1.29 is 4.79 Å². The molecule has 1 aliphatic heterocycles. The summed E-state index contributed by atoms with van der Waals surface area (Å²) in [6.07, 6.45) is 6.65. The lowest BCUT2D eigenvalue weighted by atomic mass is 9.95. The van der Waals surface area contributed by atoms with E-state index in [9.17, 15) is 4.79 Å². The van der Waals surface area contributed by atoms with E-state index in [0.717, 1.165) is 44.5 Å². The molecule has 1 aromatic carbocycles. The highest BCUT2D eigenvalue weighted by molar-refractivity contribution is 5.78. The van der Waals surface area contributed by atoms with Crippen LogP contribution in [0.25, 0.3) is 0 Å². The molecule has 1 fully saturated rings. The van der Waals surface area contributed by atoms with Crippen LogP contribution in [0.1, 0.15) is 29.5 Å². The van der Waals surface area contributed by atoms with E-state index in [-0.39, 0.29) is 11.8 Å². The Morgan fingerprint density at radius 2 is 1.76 bits per heavy atom. The van der Waals surface area contributed by atoms with Crippen LogP contribution in [0.2, 0.25) is 0 Å². The van der Waals surface area contributed by atoms with E-state index in [1.807, 2.05) is 12.4 Å². The van der Waals surface area contributed by atoms with Crippen molar-refractivity contribution in [2.75, 3.05) is 19.6 Å². The van der Waals surface area contributed by atoms with Crippen molar-refractivity contribution in [3.05, 3.63) is 65.5 Å². The summed E-state index contributed by atoms with van der Waals surface area (Å²) in [5, 5.41) is 3.10. The first kappa shape index (κ1) is 17.6. The van der Waals surface area contributed by atoms with Crippen LogP contribution >= 0.6 is 0 Å². The zero-order valence-corrected chi connectivity index (χ0v) is 14.9. The Labute approximate surface area is 150 Å². The summed E-state index contributed by atoms with van der Waals surface area (Å²) in [5.74, 6) is 0.358. The number of nitrogens with zero attached hydrogens (tertiary/aromatic N) is 2. The number of benzene rings is 1. The fourth-order valence-electron chi connectivity index (χ4n) is 3.29. The second-order valence-corrected chi connectivity index (χ2v) is 6.92. The zero-order valence-electron chi connectivity index (χ0n) is 14.9. The average Bonchev–Trinajstić information content (AvgIpc) is 2.67. The van der Waals surface area contributed by atoms with Crippen LogP contribution in [0.3, 0.4) is 0 Å². The number of amides is 1. The fraction of sp³-hybridized carbons (Fsp3) is 0.429. The molecule has 0 atom stereocenters. The van der Waals surface area contributed by atoms with Gasteiger partial charge in [0.2, 0.25) is 5.91 Å². The molecule has 132 valence electrons. The van der Waals surface area contributed by atoms with Crippen molar-refractivity contribution in [1.29, 1.82) is 0 Å². The zero-order chi connectivity index (χ0) is 17.5. The number of hydrogen-bond acceptors (Lipinski definition) is 3. The average molecular weight is 337 g/mol. The van der Waals surface area contributed by atoms with Gasteiger partial charge in [-0.25, -0.2) is 0 Å². The topological polar surface area (TPSA) is 45.2 Å². The SMILES string of the molecule is Cc1ccc(CNC(=O)C2CCN(CCc3ccncc3)CC2)cc1. The molecule has 1 N–H and O–H groups in total. The van der Waals surface area contributed by atoms with Gasteiger partial charge in [0.15, 0.2) is 0 Å². The maximum atomic E-state index is 12.4. The molecular weight excluding hydrogens is 310 g/mol. The van der Waals surface area contributed by atoms with E-state index in [0.29, 0.717) is 6.54 Å². The van der Waals surface area contributed by atoms with Crippen molar-refractivity contribution >= 4 is 5.91 Å². The quantitative estimate of drug-likeness (QED) is 0.881. The lowest BCUT2D eigenvalue weighted by molar-refractivity contribution is -0.126. The van der Waals surface area contributed by atoms with E-state index < -0.39 is 0 Å². The molecule has 1 aliphatic rings. The van der Waals surface area contributed by atoms with Gasteiger partial charge >= 0.3 is 0 Å². The number of hydrogen-bond donors (Lipinski definition) is 1. The van der Waals surface area contributed by atoms with Crippen LogP contribution in [0.4, 0.5) is 0 Å². The predicted molar refractivity (Wildman–Crippen MR) is 100 cm³/mol. The maximum absolute atomic E-state index is 12.4. The second-order valence-electron chi connectivity index (χ2n) is 6.92. The van der Waals surface area contributed by atoms with Gasteiger partial charge in [-0.05, 0) is 62.5 Å². The van der Waals surface area contributed by atoms with Crippen molar-refractivity contribution in [3.63, 3.8) is 0 Å². The molecule has 1 saturated heterocycles. The normalized spacial score (nSPS) is 15.9. The summed E-state index contributed by atoms with van der Waals surface area (Å²) >= 11 is 0. The summed E-state index contributed by atoms with van der Waals surface area (Å²) in [4.78, 5) is 18.9. The van der Waals surface area contributed by atoms with Crippen molar-refractivity contribution in [3.8, 4) is 0 Å². The molecule has 1 aromatic heterocycles. The van der Waals surface area contributed by atoms with Crippen molar-refractivity contribution in [2.45, 2.75) is 32.7 Å². The fourth-order valence-corrected chi connectivity index (χ4v) is 3.29. The number of carbonyl (C=O) groups is 1. The minimum Gasteiger partial charge on any atom is -0.352 e. The molecular formula is C21H27N3O. The number of likely N-dealkylation sites (tertiary alicyclic amines) is 1. The molecule has 2 heterocycles. The molecule has 0 unspecified atom stereocenters. The number of carbonyl (C=O) groups excluding carboxylic acids is 1. The Hall–Kier alpha value is -2.20. The van der Waals surface area contributed by atoms with Gasteiger partial charge < -0.3 is 10.2 Å². The molecule has 25 heavy (non-hydrogen) atoms. The summed E-state index contributed by atoms with van der Waals surface area (Å²) in [5.41, 5.74) is 3.73. The molecule has 0 bridgehead atoms. The smallest absolute Gasteiger partial charge is 0.223 e. The molecule has 0 saturated carbocycles. The molecule has 4 nitrogen and oxygen atoms in total. The lowest BCUT2D eigenvalue weighted by Gasteiger charge is -2.31. The van der Waals surface area contributed by atoms with Gasteiger partial charge in [-0.2, -0.15) is 0 Å². The molecule has 2 aromatic rings. The molecule has 3 rings (SSSR count). The Kier molecular flexibility index (Phi) is 6.18. The van der Waals surface area contributed by atoms with Crippen LogP contribution < -0.4 is 5.32 Å². The van der Waals surface area contributed by atoms with Gasteiger partial charge in [0.1, 0.15) is 0 Å². The first-order valence-corrected chi connectivity index (χ1v) is 9.15. The van der Waals surface area contributed by atoms with E-state index in [1.165, 1.54) is 11.1 Å². The summed E-state index contributed by atoms with van der Waals surface area (Å²) in [6.45, 7) is 5.77. The maximum Gasteiger partial charge on any atom is 0.223 e. The van der Waals surface area contributed by atoms with E-state index in [1.54, 1.807) is 0 Å². The predicted octanol–water partition coefficient (Wildman–Crippen LogP) is 2.96. The largest absolute Gasteiger partial charge is 0.352 e. The van der Waals surface area contributed by atoms with Crippen LogP contribution in [-0.4, -0.2) is 35.4 Å². The van der Waals surface area contributed by atoms with Gasteiger partial charge in [-0.3, -0.25) is 9.78 Å². The Morgan fingerprint density at radius 1 is 1.08 bits per heavy atom. The Morgan fingerprint density at radius 3 is 2.44 bits per heavy atom. The molecule has 0 spiro atoms. The lowest BCUT2D eigenvalue weighted by Crippen LogP contribution is -2.41. The first-order valence-electron chi connectivity index (χ1n) is 9.15. The van der Waals surface area contributed by atoms with E-state index in [2.05, 4.69) is 58.5 Å². The minimum absolute atomic E-state index is 0.155. The summed E-state index contributed by atoms with van der Waals surface area (Å²) in [6, 6.07) is 12.5. The van der Waals surface area contributed by atoms with E-state index >= 15 is 0 Å². The van der Waals surface area contributed by atoms with Crippen LogP contribution in [0.15, 0.2) is 48.8 Å². The molecule has 0 aliphatic carbocycles. The highest BCUT2D eigenvalue weighted by Gasteiger charge is 2.24. The number of aromatic nitrogens is 1.